The largest absolute Gasteiger partial charge is 0.433 e. The van der Waals surface area contributed by atoms with E-state index in [2.05, 4.69) is 15.3 Å². The summed E-state index contributed by atoms with van der Waals surface area (Å²) < 4.78 is 38.1. The normalized spacial score (nSPS) is 12.7. The predicted octanol–water partition coefficient (Wildman–Crippen LogP) is 4.21. The molecule has 0 aliphatic rings. The number of carbonyl (C=O) groups is 1. The smallest absolute Gasteiger partial charge is 0.323 e. The highest BCUT2D eigenvalue weighted by atomic mass is 35.5. The molecule has 1 aromatic carbocycles. The summed E-state index contributed by atoms with van der Waals surface area (Å²) in [7, 11) is 0. The molecule has 0 radical (unpaired) electrons. The van der Waals surface area contributed by atoms with E-state index in [4.69, 9.17) is 23.2 Å². The molecular weight excluding hydrogens is 402 g/mol. The number of amides is 1. The number of benzene rings is 1. The van der Waals surface area contributed by atoms with Gasteiger partial charge in [-0.1, -0.05) is 41.0 Å². The molecule has 5 nitrogen and oxygen atoms in total. The first-order valence-electron chi connectivity index (χ1n) is 6.68. The standard InChI is InChI=1S/C14H10Cl2F3N3O2S/c1-6(12(24)22-11-7(15)3-2-4-8(11)16)25-13-20-9(14(17,18)19)5-10(23)21-13/h2-6H,1H3,(H,22,24)(H,20,21,23). The van der Waals surface area contributed by atoms with E-state index < -0.39 is 28.6 Å². The van der Waals surface area contributed by atoms with Gasteiger partial charge in [-0.2, -0.15) is 13.2 Å². The fourth-order valence-electron chi connectivity index (χ4n) is 1.70. The molecule has 2 rings (SSSR count). The zero-order valence-corrected chi connectivity index (χ0v) is 14.8. The molecule has 0 aliphatic heterocycles. The van der Waals surface area contributed by atoms with Crippen molar-refractivity contribution in [3.05, 3.63) is 50.4 Å². The number of nitrogens with zero attached hydrogens (tertiary/aromatic N) is 1. The Bertz CT molecular complexity index is 838. The topological polar surface area (TPSA) is 74.8 Å². The molecule has 1 unspecified atom stereocenters. The number of aromatic amines is 1. The van der Waals surface area contributed by atoms with Crippen LogP contribution < -0.4 is 10.9 Å². The van der Waals surface area contributed by atoms with Gasteiger partial charge < -0.3 is 10.3 Å². The van der Waals surface area contributed by atoms with Crippen molar-refractivity contribution in [3.63, 3.8) is 0 Å². The van der Waals surface area contributed by atoms with Crippen LogP contribution in [0, 0.1) is 0 Å². The molecule has 0 fully saturated rings. The van der Waals surface area contributed by atoms with Crippen molar-refractivity contribution >= 4 is 46.6 Å². The van der Waals surface area contributed by atoms with E-state index in [1.54, 1.807) is 6.07 Å². The van der Waals surface area contributed by atoms with Gasteiger partial charge in [-0.3, -0.25) is 9.59 Å². The lowest BCUT2D eigenvalue weighted by Gasteiger charge is -2.14. The van der Waals surface area contributed by atoms with Crippen LogP contribution in [0.5, 0.6) is 0 Å². The van der Waals surface area contributed by atoms with Crippen LogP contribution in [0.4, 0.5) is 18.9 Å². The number of aromatic nitrogens is 2. The van der Waals surface area contributed by atoms with Crippen LogP contribution in [0.2, 0.25) is 10.0 Å². The fourth-order valence-corrected chi connectivity index (χ4v) is 3.00. The summed E-state index contributed by atoms with van der Waals surface area (Å²) >= 11 is 12.5. The van der Waals surface area contributed by atoms with Gasteiger partial charge in [-0.05, 0) is 19.1 Å². The lowest BCUT2D eigenvalue weighted by Crippen LogP contribution is -2.24. The third kappa shape index (κ3) is 5.13. The minimum absolute atomic E-state index is 0.189. The number of thioether (sulfide) groups is 1. The molecule has 2 aromatic rings. The molecule has 0 bridgehead atoms. The van der Waals surface area contributed by atoms with Crippen molar-refractivity contribution in [2.24, 2.45) is 0 Å². The SMILES string of the molecule is CC(Sc1nc(C(F)(F)F)cc(=O)[nH]1)C(=O)Nc1c(Cl)cccc1Cl. The predicted molar refractivity (Wildman–Crippen MR) is 90.3 cm³/mol. The average Bonchev–Trinajstić information content (AvgIpc) is 2.49. The minimum Gasteiger partial charge on any atom is -0.323 e. The summed E-state index contributed by atoms with van der Waals surface area (Å²) in [5.74, 6) is -0.569. The highest BCUT2D eigenvalue weighted by Gasteiger charge is 2.33. The molecule has 1 heterocycles. The van der Waals surface area contributed by atoms with Gasteiger partial charge >= 0.3 is 6.18 Å². The molecule has 1 aromatic heterocycles. The number of nitrogens with one attached hydrogen (secondary N) is 2. The van der Waals surface area contributed by atoms with Crippen LogP contribution in [0.15, 0.2) is 34.2 Å². The molecule has 0 spiro atoms. The number of para-hydroxylation sites is 1. The summed E-state index contributed by atoms with van der Waals surface area (Å²) in [6.45, 7) is 1.44. The zero-order valence-electron chi connectivity index (χ0n) is 12.4. The van der Waals surface area contributed by atoms with Gasteiger partial charge in [-0.15, -0.1) is 0 Å². The molecule has 0 aliphatic carbocycles. The number of anilines is 1. The zero-order chi connectivity index (χ0) is 18.8. The van der Waals surface area contributed by atoms with Gasteiger partial charge in [0.2, 0.25) is 5.91 Å². The summed E-state index contributed by atoms with van der Waals surface area (Å²) in [4.78, 5) is 29.0. The number of alkyl halides is 3. The van der Waals surface area contributed by atoms with Crippen LogP contribution in [0.3, 0.4) is 0 Å². The van der Waals surface area contributed by atoms with E-state index in [-0.39, 0.29) is 20.9 Å². The maximum atomic E-state index is 12.7. The quantitative estimate of drug-likeness (QED) is 0.583. The molecule has 0 saturated carbocycles. The Morgan fingerprint density at radius 2 is 1.92 bits per heavy atom. The van der Waals surface area contributed by atoms with Crippen molar-refractivity contribution in [1.82, 2.24) is 9.97 Å². The number of hydrogen-bond acceptors (Lipinski definition) is 4. The van der Waals surface area contributed by atoms with Crippen LogP contribution >= 0.6 is 35.0 Å². The van der Waals surface area contributed by atoms with Crippen molar-refractivity contribution in [2.75, 3.05) is 5.32 Å². The second-order valence-corrected chi connectivity index (χ2v) is 6.92. The Hall–Kier alpha value is -1.71. The Morgan fingerprint density at radius 1 is 1.32 bits per heavy atom. The molecular formula is C14H10Cl2F3N3O2S. The maximum absolute atomic E-state index is 12.7. The summed E-state index contributed by atoms with van der Waals surface area (Å²) in [5.41, 5.74) is -2.11. The first-order valence-corrected chi connectivity index (χ1v) is 8.31. The minimum atomic E-state index is -4.76. The Balaban J connectivity index is 2.17. The molecule has 0 saturated heterocycles. The first kappa shape index (κ1) is 19.6. The van der Waals surface area contributed by atoms with Gasteiger partial charge in [0.05, 0.1) is 21.0 Å². The highest BCUT2D eigenvalue weighted by molar-refractivity contribution is 8.00. The first-order chi connectivity index (χ1) is 11.6. The number of hydrogen-bond donors (Lipinski definition) is 2. The van der Waals surface area contributed by atoms with Crippen molar-refractivity contribution < 1.29 is 18.0 Å². The Labute approximate surface area is 153 Å². The van der Waals surface area contributed by atoms with E-state index >= 15 is 0 Å². The maximum Gasteiger partial charge on any atom is 0.433 e. The van der Waals surface area contributed by atoms with Crippen LogP contribution in [-0.2, 0) is 11.0 Å². The van der Waals surface area contributed by atoms with Crippen LogP contribution in [0.25, 0.3) is 0 Å². The van der Waals surface area contributed by atoms with Crippen LogP contribution in [-0.4, -0.2) is 21.1 Å². The van der Waals surface area contributed by atoms with Crippen LogP contribution in [0.1, 0.15) is 12.6 Å². The summed E-state index contributed by atoms with van der Waals surface area (Å²) in [6.07, 6.45) is -4.76. The second kappa shape index (κ2) is 7.67. The molecule has 134 valence electrons. The number of halogens is 5. The highest BCUT2D eigenvalue weighted by Crippen LogP contribution is 2.31. The van der Waals surface area contributed by atoms with E-state index in [0.717, 1.165) is 0 Å². The lowest BCUT2D eigenvalue weighted by molar-refractivity contribution is -0.141. The van der Waals surface area contributed by atoms with E-state index in [0.29, 0.717) is 17.8 Å². The molecule has 25 heavy (non-hydrogen) atoms. The average molecular weight is 412 g/mol. The number of carbonyl (C=O) groups excluding carboxylic acids is 1. The molecule has 2 N–H and O–H groups in total. The van der Waals surface area contributed by atoms with Crippen molar-refractivity contribution in [3.8, 4) is 0 Å². The van der Waals surface area contributed by atoms with E-state index in [1.807, 2.05) is 0 Å². The second-order valence-electron chi connectivity index (χ2n) is 4.78. The van der Waals surface area contributed by atoms with Crippen molar-refractivity contribution in [2.45, 2.75) is 23.5 Å². The van der Waals surface area contributed by atoms with E-state index in [9.17, 15) is 22.8 Å². The molecule has 11 heteroatoms. The molecule has 1 atom stereocenters. The van der Waals surface area contributed by atoms with Gasteiger partial charge in [0.1, 0.15) is 0 Å². The fraction of sp³-hybridized carbons (Fsp3) is 0.214. The van der Waals surface area contributed by atoms with Gasteiger partial charge in [0, 0.05) is 6.07 Å². The number of rotatable bonds is 4. The van der Waals surface area contributed by atoms with Gasteiger partial charge in [-0.25, -0.2) is 4.98 Å². The Morgan fingerprint density at radius 3 is 2.48 bits per heavy atom. The third-order valence-electron chi connectivity index (χ3n) is 2.88. The van der Waals surface area contributed by atoms with Crippen molar-refractivity contribution in [1.29, 1.82) is 0 Å². The number of H-pyrrole nitrogens is 1. The Kier molecular flexibility index (Phi) is 6.02. The summed E-state index contributed by atoms with van der Waals surface area (Å²) in [6, 6.07) is 4.98. The lowest BCUT2D eigenvalue weighted by atomic mass is 10.3. The van der Waals surface area contributed by atoms with Gasteiger partial charge in [0.15, 0.2) is 10.9 Å². The van der Waals surface area contributed by atoms with Gasteiger partial charge in [0.25, 0.3) is 5.56 Å². The third-order valence-corrected chi connectivity index (χ3v) is 4.49. The monoisotopic (exact) mass is 411 g/mol. The van der Waals surface area contributed by atoms with E-state index in [1.165, 1.54) is 19.1 Å². The summed E-state index contributed by atoms with van der Waals surface area (Å²) in [5, 5.41) is 1.71. The molecule has 1 amide bonds.